The van der Waals surface area contributed by atoms with E-state index in [2.05, 4.69) is 41.5 Å². The largest absolute Gasteiger partial charge is 0.380 e. The average Bonchev–Trinajstić information content (AvgIpc) is 2.81. The van der Waals surface area contributed by atoms with Gasteiger partial charge in [0.05, 0.1) is 6.61 Å². The monoisotopic (exact) mass is 232 g/mol. The number of hydrogen-bond acceptors (Lipinski definition) is 2. The standard InChI is InChI=1S/C14H20N2O/c1-3-17-10-11(2)16-9-12-4-5-13-6-7-15-14(13)8-12/h4-8,11,15-16H,3,9-10H2,1-2H3. The lowest BCUT2D eigenvalue weighted by Crippen LogP contribution is -2.30. The SMILES string of the molecule is CCOCC(C)NCc1ccc2cc[nH]c2c1. The number of nitrogens with one attached hydrogen (secondary N) is 2. The van der Waals surface area contributed by atoms with Gasteiger partial charge in [0.2, 0.25) is 0 Å². The molecule has 2 aromatic rings. The van der Waals surface area contributed by atoms with Crippen molar-refractivity contribution in [2.75, 3.05) is 13.2 Å². The highest BCUT2D eigenvalue weighted by Crippen LogP contribution is 2.13. The van der Waals surface area contributed by atoms with Gasteiger partial charge in [-0.3, -0.25) is 0 Å². The second kappa shape index (κ2) is 5.84. The van der Waals surface area contributed by atoms with Gasteiger partial charge in [0.25, 0.3) is 0 Å². The summed E-state index contributed by atoms with van der Waals surface area (Å²) in [6, 6.07) is 8.97. The van der Waals surface area contributed by atoms with Gasteiger partial charge in [-0.05, 0) is 36.9 Å². The summed E-state index contributed by atoms with van der Waals surface area (Å²) < 4.78 is 5.37. The van der Waals surface area contributed by atoms with Gasteiger partial charge in [-0.25, -0.2) is 0 Å². The van der Waals surface area contributed by atoms with Crippen LogP contribution < -0.4 is 5.32 Å². The molecule has 0 saturated carbocycles. The molecule has 1 aromatic heterocycles. The summed E-state index contributed by atoms with van der Waals surface area (Å²) in [5.74, 6) is 0. The number of hydrogen-bond donors (Lipinski definition) is 2. The molecule has 0 aliphatic heterocycles. The Labute approximate surface area is 102 Å². The smallest absolute Gasteiger partial charge is 0.0616 e. The summed E-state index contributed by atoms with van der Waals surface area (Å²) in [7, 11) is 0. The van der Waals surface area contributed by atoms with E-state index in [-0.39, 0.29) is 0 Å². The molecule has 92 valence electrons. The Bertz CT molecular complexity index is 464. The molecule has 1 atom stereocenters. The highest BCUT2D eigenvalue weighted by Gasteiger charge is 2.02. The van der Waals surface area contributed by atoms with Crippen molar-refractivity contribution < 1.29 is 4.74 Å². The van der Waals surface area contributed by atoms with Crippen LogP contribution >= 0.6 is 0 Å². The fraction of sp³-hybridized carbons (Fsp3) is 0.429. The number of H-pyrrole nitrogens is 1. The molecule has 0 amide bonds. The van der Waals surface area contributed by atoms with Crippen LogP contribution in [0.25, 0.3) is 10.9 Å². The maximum Gasteiger partial charge on any atom is 0.0616 e. The number of benzene rings is 1. The van der Waals surface area contributed by atoms with Crippen molar-refractivity contribution in [1.82, 2.24) is 10.3 Å². The minimum absolute atomic E-state index is 0.384. The zero-order valence-corrected chi connectivity index (χ0v) is 10.5. The second-order valence-electron chi connectivity index (χ2n) is 4.34. The first kappa shape index (κ1) is 12.1. The predicted octanol–water partition coefficient (Wildman–Crippen LogP) is 2.68. The molecule has 1 aromatic carbocycles. The van der Waals surface area contributed by atoms with Gasteiger partial charge >= 0.3 is 0 Å². The zero-order chi connectivity index (χ0) is 12.1. The van der Waals surface area contributed by atoms with E-state index in [4.69, 9.17) is 4.74 Å². The minimum Gasteiger partial charge on any atom is -0.380 e. The van der Waals surface area contributed by atoms with Crippen LogP contribution in [0.4, 0.5) is 0 Å². The number of fused-ring (bicyclic) bond motifs is 1. The molecule has 0 spiro atoms. The lowest BCUT2D eigenvalue weighted by Gasteiger charge is -2.13. The number of rotatable bonds is 6. The molecule has 3 heteroatoms. The van der Waals surface area contributed by atoms with Gasteiger partial charge in [0.15, 0.2) is 0 Å². The van der Waals surface area contributed by atoms with E-state index >= 15 is 0 Å². The molecule has 17 heavy (non-hydrogen) atoms. The quantitative estimate of drug-likeness (QED) is 0.803. The van der Waals surface area contributed by atoms with Crippen molar-refractivity contribution in [2.45, 2.75) is 26.4 Å². The summed E-state index contributed by atoms with van der Waals surface area (Å²) >= 11 is 0. The van der Waals surface area contributed by atoms with Crippen LogP contribution in [0.3, 0.4) is 0 Å². The van der Waals surface area contributed by atoms with Gasteiger partial charge in [-0.1, -0.05) is 12.1 Å². The van der Waals surface area contributed by atoms with E-state index in [9.17, 15) is 0 Å². The molecular weight excluding hydrogens is 212 g/mol. The molecule has 2 N–H and O–H groups in total. The molecule has 0 radical (unpaired) electrons. The van der Waals surface area contributed by atoms with Crippen LogP contribution in [-0.2, 0) is 11.3 Å². The molecular formula is C14H20N2O. The van der Waals surface area contributed by atoms with E-state index in [1.807, 2.05) is 13.1 Å². The predicted molar refractivity (Wildman–Crippen MR) is 71.1 cm³/mol. The first-order chi connectivity index (χ1) is 8.29. The van der Waals surface area contributed by atoms with Crippen LogP contribution in [0, 0.1) is 0 Å². The third-order valence-electron chi connectivity index (χ3n) is 2.85. The first-order valence-electron chi connectivity index (χ1n) is 6.16. The van der Waals surface area contributed by atoms with Crippen LogP contribution in [0.5, 0.6) is 0 Å². The van der Waals surface area contributed by atoms with Crippen molar-refractivity contribution in [3.63, 3.8) is 0 Å². The topological polar surface area (TPSA) is 37.0 Å². The van der Waals surface area contributed by atoms with Crippen molar-refractivity contribution in [3.05, 3.63) is 36.0 Å². The van der Waals surface area contributed by atoms with Crippen LogP contribution in [-0.4, -0.2) is 24.2 Å². The lowest BCUT2D eigenvalue weighted by atomic mass is 10.1. The third-order valence-corrected chi connectivity index (χ3v) is 2.85. The molecule has 0 aliphatic carbocycles. The summed E-state index contributed by atoms with van der Waals surface area (Å²) in [6.45, 7) is 6.58. The summed E-state index contributed by atoms with van der Waals surface area (Å²) in [6.07, 6.45) is 1.97. The van der Waals surface area contributed by atoms with Crippen LogP contribution in [0.1, 0.15) is 19.4 Å². The van der Waals surface area contributed by atoms with Crippen molar-refractivity contribution in [2.24, 2.45) is 0 Å². The fourth-order valence-corrected chi connectivity index (χ4v) is 1.85. The van der Waals surface area contributed by atoms with E-state index < -0.39 is 0 Å². The maximum absolute atomic E-state index is 5.37. The summed E-state index contributed by atoms with van der Waals surface area (Å²) in [5, 5.41) is 4.71. The van der Waals surface area contributed by atoms with Gasteiger partial charge in [0.1, 0.15) is 0 Å². The normalized spacial score (nSPS) is 13.1. The maximum atomic E-state index is 5.37. The Hall–Kier alpha value is -1.32. The Morgan fingerprint density at radius 3 is 3.06 bits per heavy atom. The first-order valence-corrected chi connectivity index (χ1v) is 6.16. The van der Waals surface area contributed by atoms with Crippen molar-refractivity contribution >= 4 is 10.9 Å². The van der Waals surface area contributed by atoms with Crippen molar-refractivity contribution in [1.29, 1.82) is 0 Å². The number of aromatic amines is 1. The fourth-order valence-electron chi connectivity index (χ4n) is 1.85. The average molecular weight is 232 g/mol. The van der Waals surface area contributed by atoms with Crippen LogP contribution in [0.2, 0.25) is 0 Å². The molecule has 0 aliphatic rings. The Kier molecular flexibility index (Phi) is 4.18. The Morgan fingerprint density at radius 2 is 2.24 bits per heavy atom. The highest BCUT2D eigenvalue weighted by atomic mass is 16.5. The second-order valence-corrected chi connectivity index (χ2v) is 4.34. The van der Waals surface area contributed by atoms with E-state index in [0.29, 0.717) is 6.04 Å². The highest BCUT2D eigenvalue weighted by molar-refractivity contribution is 5.79. The molecule has 1 heterocycles. The molecule has 0 fully saturated rings. The summed E-state index contributed by atoms with van der Waals surface area (Å²) in [4.78, 5) is 3.23. The van der Waals surface area contributed by atoms with E-state index in [0.717, 1.165) is 19.8 Å². The Balaban J connectivity index is 1.89. The third kappa shape index (κ3) is 3.32. The van der Waals surface area contributed by atoms with Gasteiger partial charge in [0, 0.05) is 30.9 Å². The van der Waals surface area contributed by atoms with Gasteiger partial charge in [-0.2, -0.15) is 0 Å². The van der Waals surface area contributed by atoms with E-state index in [1.165, 1.54) is 16.5 Å². The van der Waals surface area contributed by atoms with Gasteiger partial charge < -0.3 is 15.0 Å². The Morgan fingerprint density at radius 1 is 1.35 bits per heavy atom. The molecule has 3 nitrogen and oxygen atoms in total. The summed E-state index contributed by atoms with van der Waals surface area (Å²) in [5.41, 5.74) is 2.49. The molecule has 0 bridgehead atoms. The zero-order valence-electron chi connectivity index (χ0n) is 10.5. The van der Waals surface area contributed by atoms with Crippen LogP contribution in [0.15, 0.2) is 30.5 Å². The van der Waals surface area contributed by atoms with Crippen molar-refractivity contribution in [3.8, 4) is 0 Å². The molecule has 0 saturated heterocycles. The minimum atomic E-state index is 0.384. The molecule has 1 unspecified atom stereocenters. The number of ether oxygens (including phenoxy) is 1. The lowest BCUT2D eigenvalue weighted by molar-refractivity contribution is 0.127. The molecule has 2 rings (SSSR count). The van der Waals surface area contributed by atoms with E-state index in [1.54, 1.807) is 0 Å². The number of aromatic nitrogens is 1. The van der Waals surface area contributed by atoms with Gasteiger partial charge in [-0.15, -0.1) is 0 Å².